The van der Waals surface area contributed by atoms with Crippen molar-refractivity contribution < 1.29 is 4.74 Å². The number of benzene rings is 1. The molecule has 1 N–H and O–H groups in total. The van der Waals surface area contributed by atoms with Crippen LogP contribution in [0.1, 0.15) is 5.56 Å². The van der Waals surface area contributed by atoms with Crippen LogP contribution >= 0.6 is 0 Å². The summed E-state index contributed by atoms with van der Waals surface area (Å²) >= 11 is 0. The summed E-state index contributed by atoms with van der Waals surface area (Å²) in [6.45, 7) is 2.39. The fraction of sp³-hybridized carbons (Fsp3) is 0.400. The summed E-state index contributed by atoms with van der Waals surface area (Å²) < 4.78 is 7.60. The first-order valence-corrected chi connectivity index (χ1v) is 6.89. The molecule has 0 amide bonds. The lowest BCUT2D eigenvalue weighted by atomic mass is 10.1. The van der Waals surface area contributed by atoms with E-state index < -0.39 is 0 Å². The van der Waals surface area contributed by atoms with E-state index in [-0.39, 0.29) is 11.8 Å². The summed E-state index contributed by atoms with van der Waals surface area (Å²) in [6.07, 6.45) is 4.61. The monoisotopic (exact) mass is 273 g/mol. The van der Waals surface area contributed by atoms with Gasteiger partial charge in [-0.05, 0) is 18.7 Å². The molecule has 1 aliphatic heterocycles. The summed E-state index contributed by atoms with van der Waals surface area (Å²) in [5.41, 5.74) is 1.23. The molecule has 3 rings (SSSR count). The van der Waals surface area contributed by atoms with Crippen molar-refractivity contribution >= 4 is 0 Å². The molecule has 1 atom stereocenters. The molecule has 0 aliphatic carbocycles. The first kappa shape index (κ1) is 13.0. The molecule has 2 heterocycles. The second-order valence-electron chi connectivity index (χ2n) is 5.27. The predicted octanol–water partition coefficient (Wildman–Crippen LogP) is 1.11. The number of rotatable bonds is 5. The number of H-pyrrole nitrogens is 1. The Morgan fingerprint density at radius 1 is 1.45 bits per heavy atom. The van der Waals surface area contributed by atoms with Gasteiger partial charge in [-0.1, -0.05) is 18.2 Å². The molecule has 1 aromatic heterocycles. The summed E-state index contributed by atoms with van der Waals surface area (Å²) in [5.74, 6) is 1.01. The minimum absolute atomic E-state index is 0.0529. The summed E-state index contributed by atoms with van der Waals surface area (Å²) in [5, 5.41) is 0. The van der Waals surface area contributed by atoms with Gasteiger partial charge in [0, 0.05) is 38.4 Å². The summed E-state index contributed by atoms with van der Waals surface area (Å²) in [4.78, 5) is 16.2. The van der Waals surface area contributed by atoms with Crippen molar-refractivity contribution in [2.75, 3.05) is 20.1 Å². The number of nitrogens with zero attached hydrogens (tertiary/aromatic N) is 2. The topological polar surface area (TPSA) is 50.3 Å². The molecule has 0 saturated heterocycles. The molecular weight excluding hydrogens is 254 g/mol. The van der Waals surface area contributed by atoms with E-state index in [9.17, 15) is 4.79 Å². The molecule has 0 fully saturated rings. The Balaban J connectivity index is 1.50. The third-order valence-electron chi connectivity index (χ3n) is 3.67. The molecule has 1 aliphatic rings. The van der Waals surface area contributed by atoms with Gasteiger partial charge in [0.05, 0.1) is 0 Å². The first-order chi connectivity index (χ1) is 9.72. The SMILES string of the molecule is CN(CCn1cc[nH]c1=O)C[C@H]1Cc2ccccc2O1. The van der Waals surface area contributed by atoms with Gasteiger partial charge in [0.25, 0.3) is 0 Å². The van der Waals surface area contributed by atoms with Crippen LogP contribution < -0.4 is 10.4 Å². The Morgan fingerprint density at radius 2 is 2.30 bits per heavy atom. The van der Waals surface area contributed by atoms with Gasteiger partial charge in [-0.25, -0.2) is 4.79 Å². The molecular formula is C15H19N3O2. The predicted molar refractivity (Wildman–Crippen MR) is 77.1 cm³/mol. The molecule has 0 saturated carbocycles. The largest absolute Gasteiger partial charge is 0.488 e. The zero-order valence-electron chi connectivity index (χ0n) is 11.6. The van der Waals surface area contributed by atoms with Gasteiger partial charge in [0.15, 0.2) is 0 Å². The number of nitrogens with one attached hydrogen (secondary N) is 1. The summed E-state index contributed by atoms with van der Waals surface area (Å²) in [6, 6.07) is 8.19. The molecule has 20 heavy (non-hydrogen) atoms. The van der Waals surface area contributed by atoms with Crippen LogP contribution in [0.3, 0.4) is 0 Å². The second-order valence-corrected chi connectivity index (χ2v) is 5.27. The normalized spacial score (nSPS) is 17.2. The highest BCUT2D eigenvalue weighted by Crippen LogP contribution is 2.28. The lowest BCUT2D eigenvalue weighted by Gasteiger charge is -2.20. The number of fused-ring (bicyclic) bond motifs is 1. The Kier molecular flexibility index (Phi) is 3.60. The van der Waals surface area contributed by atoms with Gasteiger partial charge in [0.2, 0.25) is 0 Å². The Morgan fingerprint density at radius 3 is 3.05 bits per heavy atom. The van der Waals surface area contributed by atoms with Gasteiger partial charge in [-0.2, -0.15) is 0 Å². The number of para-hydroxylation sites is 1. The molecule has 5 nitrogen and oxygen atoms in total. The number of hydrogen-bond acceptors (Lipinski definition) is 3. The van der Waals surface area contributed by atoms with Gasteiger partial charge in [-0.3, -0.25) is 4.57 Å². The third-order valence-corrected chi connectivity index (χ3v) is 3.67. The maximum absolute atomic E-state index is 11.4. The highest BCUT2D eigenvalue weighted by Gasteiger charge is 2.23. The van der Waals surface area contributed by atoms with Crippen molar-refractivity contribution in [2.24, 2.45) is 0 Å². The number of aromatic nitrogens is 2. The molecule has 0 spiro atoms. The van der Waals surface area contributed by atoms with Crippen LogP contribution in [0.2, 0.25) is 0 Å². The molecule has 2 aromatic rings. The fourth-order valence-electron chi connectivity index (χ4n) is 2.60. The maximum Gasteiger partial charge on any atom is 0.325 e. The highest BCUT2D eigenvalue weighted by atomic mass is 16.5. The number of aromatic amines is 1. The molecule has 5 heteroatoms. The number of ether oxygens (including phenoxy) is 1. The Bertz CT molecular complexity index is 607. The highest BCUT2D eigenvalue weighted by molar-refractivity contribution is 5.37. The van der Waals surface area contributed by atoms with E-state index in [2.05, 4.69) is 23.0 Å². The van der Waals surface area contributed by atoms with E-state index >= 15 is 0 Å². The van der Waals surface area contributed by atoms with Crippen LogP contribution in [-0.4, -0.2) is 40.7 Å². The van der Waals surface area contributed by atoms with Crippen molar-refractivity contribution in [3.05, 3.63) is 52.7 Å². The number of imidazole rings is 1. The lowest BCUT2D eigenvalue weighted by Crippen LogP contribution is -2.35. The Labute approximate surface area is 117 Å². The fourth-order valence-corrected chi connectivity index (χ4v) is 2.60. The van der Waals surface area contributed by atoms with E-state index in [0.717, 1.165) is 25.3 Å². The van der Waals surface area contributed by atoms with Crippen molar-refractivity contribution in [2.45, 2.75) is 19.1 Å². The minimum atomic E-state index is -0.0529. The van der Waals surface area contributed by atoms with Crippen LogP contribution in [0.5, 0.6) is 5.75 Å². The van der Waals surface area contributed by atoms with E-state index in [4.69, 9.17) is 4.74 Å². The van der Waals surface area contributed by atoms with E-state index in [0.29, 0.717) is 6.54 Å². The lowest BCUT2D eigenvalue weighted by molar-refractivity contribution is 0.166. The molecule has 0 unspecified atom stereocenters. The number of likely N-dealkylation sites (N-methyl/N-ethyl adjacent to an activating group) is 1. The van der Waals surface area contributed by atoms with Crippen molar-refractivity contribution in [1.29, 1.82) is 0 Å². The quantitative estimate of drug-likeness (QED) is 0.888. The van der Waals surface area contributed by atoms with Crippen molar-refractivity contribution in [1.82, 2.24) is 14.5 Å². The van der Waals surface area contributed by atoms with Crippen LogP contribution in [0.4, 0.5) is 0 Å². The standard InChI is InChI=1S/C15H19N3O2/c1-17(8-9-18-7-6-16-15(18)19)11-13-10-12-4-2-3-5-14(12)20-13/h2-7,13H,8-11H2,1H3,(H,16,19)/t13-/m1/s1. The molecule has 0 radical (unpaired) electrons. The van der Waals surface area contributed by atoms with E-state index in [1.54, 1.807) is 17.0 Å². The summed E-state index contributed by atoms with van der Waals surface area (Å²) in [7, 11) is 2.06. The van der Waals surface area contributed by atoms with E-state index in [1.807, 2.05) is 18.2 Å². The van der Waals surface area contributed by atoms with Crippen LogP contribution in [0, 0.1) is 0 Å². The van der Waals surface area contributed by atoms with Crippen LogP contribution in [0.15, 0.2) is 41.5 Å². The van der Waals surface area contributed by atoms with E-state index in [1.165, 1.54) is 5.56 Å². The van der Waals surface area contributed by atoms with Crippen LogP contribution in [-0.2, 0) is 13.0 Å². The third kappa shape index (κ3) is 2.77. The van der Waals surface area contributed by atoms with Gasteiger partial charge in [0.1, 0.15) is 11.9 Å². The zero-order chi connectivity index (χ0) is 13.9. The van der Waals surface area contributed by atoms with Gasteiger partial charge < -0.3 is 14.6 Å². The van der Waals surface area contributed by atoms with Gasteiger partial charge >= 0.3 is 5.69 Å². The van der Waals surface area contributed by atoms with Crippen molar-refractivity contribution in [3.63, 3.8) is 0 Å². The second kappa shape index (κ2) is 5.54. The minimum Gasteiger partial charge on any atom is -0.488 e. The number of hydrogen-bond donors (Lipinski definition) is 1. The molecule has 106 valence electrons. The zero-order valence-corrected chi connectivity index (χ0v) is 11.6. The smallest absolute Gasteiger partial charge is 0.325 e. The average molecular weight is 273 g/mol. The van der Waals surface area contributed by atoms with Gasteiger partial charge in [-0.15, -0.1) is 0 Å². The van der Waals surface area contributed by atoms with Crippen LogP contribution in [0.25, 0.3) is 0 Å². The first-order valence-electron chi connectivity index (χ1n) is 6.89. The molecule has 0 bridgehead atoms. The average Bonchev–Trinajstić information content (AvgIpc) is 3.01. The maximum atomic E-state index is 11.4. The molecule has 1 aromatic carbocycles. The van der Waals surface area contributed by atoms with Crippen molar-refractivity contribution in [3.8, 4) is 5.75 Å². The Hall–Kier alpha value is -2.01.